The molecule has 0 N–H and O–H groups in total. The van der Waals surface area contributed by atoms with E-state index in [9.17, 15) is 0 Å². The van der Waals surface area contributed by atoms with E-state index in [1.807, 2.05) is 29.9 Å². The van der Waals surface area contributed by atoms with Crippen LogP contribution in [0, 0.1) is 18.3 Å². The van der Waals surface area contributed by atoms with Gasteiger partial charge >= 0.3 is 0 Å². The maximum absolute atomic E-state index is 8.72. The number of hydrogen-bond acceptors (Lipinski definition) is 2. The fourth-order valence-electron chi connectivity index (χ4n) is 1.47. The fourth-order valence-corrected chi connectivity index (χ4v) is 1.71. The Morgan fingerprint density at radius 1 is 1.44 bits per heavy atom. The van der Waals surface area contributed by atoms with Gasteiger partial charge in [-0.1, -0.05) is 17.7 Å². The molecule has 80 valence electrons. The van der Waals surface area contributed by atoms with Crippen LogP contribution in [0.15, 0.2) is 30.5 Å². The maximum Gasteiger partial charge on any atom is 0.0992 e. The summed E-state index contributed by atoms with van der Waals surface area (Å²) in [5.74, 6) is 0. The molecule has 0 unspecified atom stereocenters. The second kappa shape index (κ2) is 4.38. The van der Waals surface area contributed by atoms with Crippen LogP contribution < -0.4 is 0 Å². The molecule has 0 aliphatic carbocycles. The van der Waals surface area contributed by atoms with Gasteiger partial charge in [-0.05, 0) is 30.7 Å². The molecule has 0 fully saturated rings. The van der Waals surface area contributed by atoms with E-state index in [0.717, 1.165) is 11.3 Å². The summed E-state index contributed by atoms with van der Waals surface area (Å²) in [7, 11) is 0. The van der Waals surface area contributed by atoms with Crippen LogP contribution in [-0.2, 0) is 6.54 Å². The average Bonchev–Trinajstić information content (AvgIpc) is 2.67. The van der Waals surface area contributed by atoms with E-state index in [4.69, 9.17) is 16.9 Å². The van der Waals surface area contributed by atoms with Crippen molar-refractivity contribution in [3.05, 3.63) is 52.3 Å². The van der Waals surface area contributed by atoms with Gasteiger partial charge in [0.15, 0.2) is 0 Å². The molecule has 0 atom stereocenters. The quantitative estimate of drug-likeness (QED) is 0.798. The van der Waals surface area contributed by atoms with Gasteiger partial charge in [0.2, 0.25) is 0 Å². The van der Waals surface area contributed by atoms with Crippen LogP contribution in [0.3, 0.4) is 0 Å². The van der Waals surface area contributed by atoms with Gasteiger partial charge in [-0.2, -0.15) is 10.4 Å². The Balaban J connectivity index is 2.26. The lowest BCUT2D eigenvalue weighted by Gasteiger charge is -2.04. The van der Waals surface area contributed by atoms with Crippen LogP contribution in [0.1, 0.15) is 16.8 Å². The molecule has 0 saturated carbocycles. The molecule has 0 aliphatic heterocycles. The van der Waals surface area contributed by atoms with E-state index in [1.54, 1.807) is 12.1 Å². The molecular formula is C12H10ClN3. The Bertz CT molecular complexity index is 552. The number of halogens is 1. The van der Waals surface area contributed by atoms with Gasteiger partial charge < -0.3 is 0 Å². The SMILES string of the molecule is Cc1ccn(Cc2ccc(C#N)cc2Cl)n1. The Morgan fingerprint density at radius 2 is 2.25 bits per heavy atom. The highest BCUT2D eigenvalue weighted by Crippen LogP contribution is 2.18. The molecule has 1 aromatic carbocycles. The number of benzene rings is 1. The van der Waals surface area contributed by atoms with Gasteiger partial charge in [0.05, 0.1) is 23.9 Å². The van der Waals surface area contributed by atoms with Crippen LogP contribution in [0.5, 0.6) is 0 Å². The van der Waals surface area contributed by atoms with Crippen molar-refractivity contribution in [2.45, 2.75) is 13.5 Å². The minimum atomic E-state index is 0.574. The van der Waals surface area contributed by atoms with Crippen molar-refractivity contribution in [2.24, 2.45) is 0 Å². The Labute approximate surface area is 98.9 Å². The lowest BCUT2D eigenvalue weighted by molar-refractivity contribution is 0.679. The molecule has 1 heterocycles. The summed E-state index contributed by atoms with van der Waals surface area (Å²) in [6.45, 7) is 2.56. The van der Waals surface area contributed by atoms with Crippen LogP contribution >= 0.6 is 11.6 Å². The first kappa shape index (κ1) is 10.7. The minimum absolute atomic E-state index is 0.574. The van der Waals surface area contributed by atoms with Gasteiger partial charge in [0.25, 0.3) is 0 Å². The highest BCUT2D eigenvalue weighted by molar-refractivity contribution is 6.31. The van der Waals surface area contributed by atoms with Gasteiger partial charge in [-0.3, -0.25) is 4.68 Å². The first-order valence-corrected chi connectivity index (χ1v) is 5.25. The summed E-state index contributed by atoms with van der Waals surface area (Å²) in [5, 5.41) is 13.6. The highest BCUT2D eigenvalue weighted by atomic mass is 35.5. The zero-order valence-electron chi connectivity index (χ0n) is 8.81. The molecule has 2 aromatic rings. The number of aromatic nitrogens is 2. The monoisotopic (exact) mass is 231 g/mol. The standard InChI is InChI=1S/C12H10ClN3/c1-9-4-5-16(15-9)8-11-3-2-10(7-14)6-12(11)13/h2-6H,8H2,1H3. The molecule has 0 amide bonds. The summed E-state index contributed by atoms with van der Waals surface area (Å²) in [5.41, 5.74) is 2.51. The summed E-state index contributed by atoms with van der Waals surface area (Å²) >= 11 is 6.07. The van der Waals surface area contributed by atoms with Crippen molar-refractivity contribution in [1.82, 2.24) is 9.78 Å². The lowest BCUT2D eigenvalue weighted by Crippen LogP contribution is -2.01. The van der Waals surface area contributed by atoms with E-state index in [1.165, 1.54) is 0 Å². The third-order valence-corrected chi connectivity index (χ3v) is 2.64. The van der Waals surface area contributed by atoms with Gasteiger partial charge in [0, 0.05) is 11.2 Å². The van der Waals surface area contributed by atoms with Crippen molar-refractivity contribution in [3.8, 4) is 6.07 Å². The van der Waals surface area contributed by atoms with Crippen LogP contribution in [0.25, 0.3) is 0 Å². The van der Waals surface area contributed by atoms with Crippen LogP contribution in [0.4, 0.5) is 0 Å². The number of nitrogens with zero attached hydrogens (tertiary/aromatic N) is 3. The predicted octanol–water partition coefficient (Wildman–Crippen LogP) is 2.76. The number of nitriles is 1. The molecule has 0 aliphatic rings. The van der Waals surface area contributed by atoms with E-state index < -0.39 is 0 Å². The summed E-state index contributed by atoms with van der Waals surface area (Å²) in [6, 6.07) is 9.29. The second-order valence-electron chi connectivity index (χ2n) is 3.57. The van der Waals surface area contributed by atoms with E-state index in [-0.39, 0.29) is 0 Å². The Hall–Kier alpha value is -1.79. The number of hydrogen-bond donors (Lipinski definition) is 0. The molecule has 1 aromatic heterocycles. The minimum Gasteiger partial charge on any atom is -0.268 e. The lowest BCUT2D eigenvalue weighted by atomic mass is 10.1. The van der Waals surface area contributed by atoms with Crippen molar-refractivity contribution in [1.29, 1.82) is 5.26 Å². The third kappa shape index (κ3) is 2.23. The van der Waals surface area contributed by atoms with E-state index >= 15 is 0 Å². The summed E-state index contributed by atoms with van der Waals surface area (Å²) < 4.78 is 1.82. The second-order valence-corrected chi connectivity index (χ2v) is 3.98. The van der Waals surface area contributed by atoms with Crippen LogP contribution in [0.2, 0.25) is 5.02 Å². The molecule has 0 radical (unpaired) electrons. The molecule has 4 heteroatoms. The number of rotatable bonds is 2. The zero-order chi connectivity index (χ0) is 11.5. The third-order valence-electron chi connectivity index (χ3n) is 2.29. The van der Waals surface area contributed by atoms with Gasteiger partial charge in [-0.25, -0.2) is 0 Å². The van der Waals surface area contributed by atoms with Gasteiger partial charge in [-0.15, -0.1) is 0 Å². The Morgan fingerprint density at radius 3 is 2.81 bits per heavy atom. The van der Waals surface area contributed by atoms with Crippen molar-refractivity contribution in [2.75, 3.05) is 0 Å². The Kier molecular flexibility index (Phi) is 2.93. The molecule has 3 nitrogen and oxygen atoms in total. The molecule has 0 spiro atoms. The zero-order valence-corrected chi connectivity index (χ0v) is 9.57. The normalized spacial score (nSPS) is 10.1. The van der Waals surface area contributed by atoms with Crippen molar-refractivity contribution < 1.29 is 0 Å². The summed E-state index contributed by atoms with van der Waals surface area (Å²) in [4.78, 5) is 0. The van der Waals surface area contributed by atoms with E-state index in [0.29, 0.717) is 17.1 Å². The topological polar surface area (TPSA) is 41.6 Å². The fraction of sp³-hybridized carbons (Fsp3) is 0.167. The van der Waals surface area contributed by atoms with Crippen molar-refractivity contribution in [3.63, 3.8) is 0 Å². The smallest absolute Gasteiger partial charge is 0.0992 e. The number of aryl methyl sites for hydroxylation is 1. The highest BCUT2D eigenvalue weighted by Gasteiger charge is 2.03. The van der Waals surface area contributed by atoms with Crippen molar-refractivity contribution >= 4 is 11.6 Å². The maximum atomic E-state index is 8.72. The molecule has 0 bridgehead atoms. The molecular weight excluding hydrogens is 222 g/mol. The first-order chi connectivity index (χ1) is 7.69. The molecule has 2 rings (SSSR count). The molecule has 16 heavy (non-hydrogen) atoms. The summed E-state index contributed by atoms with van der Waals surface area (Å²) in [6.07, 6.45) is 1.91. The average molecular weight is 232 g/mol. The first-order valence-electron chi connectivity index (χ1n) is 4.87. The van der Waals surface area contributed by atoms with E-state index in [2.05, 4.69) is 11.2 Å². The molecule has 0 saturated heterocycles. The predicted molar refractivity (Wildman–Crippen MR) is 62.2 cm³/mol. The van der Waals surface area contributed by atoms with Crippen LogP contribution in [-0.4, -0.2) is 9.78 Å². The van der Waals surface area contributed by atoms with Gasteiger partial charge in [0.1, 0.15) is 0 Å². The largest absolute Gasteiger partial charge is 0.268 e.